The Bertz CT molecular complexity index is 1030. The summed E-state index contributed by atoms with van der Waals surface area (Å²) in [6, 6.07) is 14.6. The number of aromatic nitrogens is 2. The number of hydrogen-bond acceptors (Lipinski definition) is 6. The summed E-state index contributed by atoms with van der Waals surface area (Å²) in [7, 11) is 0. The van der Waals surface area contributed by atoms with Gasteiger partial charge < -0.3 is 5.32 Å². The molecule has 0 saturated carbocycles. The lowest BCUT2D eigenvalue weighted by molar-refractivity contribution is -0.115. The summed E-state index contributed by atoms with van der Waals surface area (Å²) in [5, 5.41) is 14.0. The Balaban J connectivity index is 1.40. The number of benzene rings is 1. The molecule has 1 aliphatic carbocycles. The highest BCUT2D eigenvalue weighted by Crippen LogP contribution is 2.42. The fraction of sp³-hybridized carbons (Fsp3) is 0.273. The highest BCUT2D eigenvalue weighted by Gasteiger charge is 2.27. The molecule has 0 spiro atoms. The molecule has 29 heavy (non-hydrogen) atoms. The van der Waals surface area contributed by atoms with Crippen LogP contribution < -0.4 is 5.32 Å². The van der Waals surface area contributed by atoms with Gasteiger partial charge in [-0.15, -0.1) is 11.3 Å². The Labute approximate surface area is 178 Å². The number of rotatable bonds is 6. The van der Waals surface area contributed by atoms with Gasteiger partial charge in [0.1, 0.15) is 11.1 Å². The second-order valence-corrected chi connectivity index (χ2v) is 9.02. The molecule has 0 bridgehead atoms. The smallest absolute Gasteiger partial charge is 0.225 e. The number of carbonyl (C=O) groups excluding carboxylic acids is 1. The van der Waals surface area contributed by atoms with Crippen molar-refractivity contribution in [2.45, 2.75) is 36.8 Å². The van der Waals surface area contributed by atoms with Gasteiger partial charge in [0.15, 0.2) is 5.16 Å². The summed E-state index contributed by atoms with van der Waals surface area (Å²) >= 11 is 3.01. The monoisotopic (exact) mass is 420 g/mol. The van der Waals surface area contributed by atoms with Gasteiger partial charge in [0.25, 0.3) is 0 Å². The number of nitrogens with one attached hydrogen (secondary N) is 1. The van der Waals surface area contributed by atoms with Crippen molar-refractivity contribution in [3.8, 4) is 6.07 Å². The standard InChI is InChI=1S/C22H20N4OS2/c23-14-18-17-8-7-16(15-5-2-1-3-6-15)13-19(17)29-21(18)26-20(27)9-12-28-22-24-10-4-11-25-22/h1-6,10-11,16H,7-9,12-13H2,(H,26,27). The summed E-state index contributed by atoms with van der Waals surface area (Å²) < 4.78 is 0. The molecule has 2 aromatic heterocycles. The van der Waals surface area contributed by atoms with Crippen molar-refractivity contribution in [2.24, 2.45) is 0 Å². The van der Waals surface area contributed by atoms with Gasteiger partial charge in [0.2, 0.25) is 5.91 Å². The lowest BCUT2D eigenvalue weighted by Gasteiger charge is -2.22. The van der Waals surface area contributed by atoms with Gasteiger partial charge >= 0.3 is 0 Å². The first-order valence-corrected chi connectivity index (χ1v) is 11.3. The zero-order valence-corrected chi connectivity index (χ0v) is 17.4. The van der Waals surface area contributed by atoms with Crippen LogP contribution in [0, 0.1) is 11.3 Å². The SMILES string of the molecule is N#Cc1c(NC(=O)CCSc2ncccn2)sc2c1CCC(c1ccccc1)C2. The summed E-state index contributed by atoms with van der Waals surface area (Å²) in [6.45, 7) is 0. The Kier molecular flexibility index (Phi) is 6.23. The third-order valence-corrected chi connectivity index (χ3v) is 7.05. The number of thioether (sulfide) groups is 1. The Hall–Kier alpha value is -2.69. The molecule has 5 nitrogen and oxygen atoms in total. The molecule has 1 amide bonds. The zero-order chi connectivity index (χ0) is 20.1. The normalized spacial score (nSPS) is 15.3. The van der Waals surface area contributed by atoms with E-state index in [9.17, 15) is 10.1 Å². The van der Waals surface area contributed by atoms with Gasteiger partial charge in [-0.1, -0.05) is 42.1 Å². The molecule has 4 rings (SSSR count). The van der Waals surface area contributed by atoms with E-state index in [1.807, 2.05) is 6.07 Å². The van der Waals surface area contributed by atoms with E-state index in [-0.39, 0.29) is 5.91 Å². The first kappa shape index (κ1) is 19.6. The topological polar surface area (TPSA) is 78.7 Å². The maximum absolute atomic E-state index is 12.4. The number of fused-ring (bicyclic) bond motifs is 1. The van der Waals surface area contributed by atoms with E-state index >= 15 is 0 Å². The molecule has 1 unspecified atom stereocenters. The molecule has 1 atom stereocenters. The molecule has 0 radical (unpaired) electrons. The predicted molar refractivity (Wildman–Crippen MR) is 116 cm³/mol. The minimum atomic E-state index is -0.0804. The molecule has 2 heterocycles. The average Bonchev–Trinajstić information content (AvgIpc) is 3.11. The second-order valence-electron chi connectivity index (χ2n) is 6.85. The fourth-order valence-corrected chi connectivity index (χ4v) is 5.62. The quantitative estimate of drug-likeness (QED) is 0.458. The molecule has 1 aliphatic rings. The van der Waals surface area contributed by atoms with Crippen molar-refractivity contribution in [1.29, 1.82) is 5.26 Å². The molecule has 0 saturated heterocycles. The third-order valence-electron chi connectivity index (χ3n) is 5.00. The van der Waals surface area contributed by atoms with E-state index in [0.29, 0.717) is 33.8 Å². The van der Waals surface area contributed by atoms with Crippen LogP contribution in [0.15, 0.2) is 53.9 Å². The van der Waals surface area contributed by atoms with E-state index < -0.39 is 0 Å². The average molecular weight is 421 g/mol. The number of thiophene rings is 1. The van der Waals surface area contributed by atoms with Gasteiger partial charge in [-0.2, -0.15) is 5.26 Å². The van der Waals surface area contributed by atoms with Crippen LogP contribution in [-0.2, 0) is 17.6 Å². The first-order valence-electron chi connectivity index (χ1n) is 9.54. The zero-order valence-electron chi connectivity index (χ0n) is 15.8. The molecule has 0 fully saturated rings. The van der Waals surface area contributed by atoms with Crippen molar-refractivity contribution < 1.29 is 4.79 Å². The molecule has 1 N–H and O–H groups in total. The summed E-state index contributed by atoms with van der Waals surface area (Å²) in [4.78, 5) is 21.9. The van der Waals surface area contributed by atoms with Crippen LogP contribution in [0.3, 0.4) is 0 Å². The number of anilines is 1. The first-order chi connectivity index (χ1) is 14.2. The van der Waals surface area contributed by atoms with E-state index in [1.54, 1.807) is 29.8 Å². The predicted octanol–water partition coefficient (Wildman–Crippen LogP) is 4.80. The van der Waals surface area contributed by atoms with Crippen molar-refractivity contribution in [3.63, 3.8) is 0 Å². The highest BCUT2D eigenvalue weighted by molar-refractivity contribution is 7.99. The van der Waals surface area contributed by atoms with E-state index in [0.717, 1.165) is 24.8 Å². The number of carbonyl (C=O) groups is 1. The van der Waals surface area contributed by atoms with Crippen molar-refractivity contribution in [1.82, 2.24) is 9.97 Å². The Morgan fingerprint density at radius 2 is 2.03 bits per heavy atom. The van der Waals surface area contributed by atoms with Gasteiger partial charge in [-0.05, 0) is 42.4 Å². The molecule has 3 aromatic rings. The van der Waals surface area contributed by atoms with Crippen LogP contribution in [-0.4, -0.2) is 21.6 Å². The van der Waals surface area contributed by atoms with Gasteiger partial charge in [0.05, 0.1) is 5.56 Å². The minimum Gasteiger partial charge on any atom is -0.317 e. The van der Waals surface area contributed by atoms with Crippen LogP contribution in [0.25, 0.3) is 0 Å². The van der Waals surface area contributed by atoms with Crippen LogP contribution in [0.2, 0.25) is 0 Å². The highest BCUT2D eigenvalue weighted by atomic mass is 32.2. The van der Waals surface area contributed by atoms with Gasteiger partial charge in [-0.3, -0.25) is 4.79 Å². The second kappa shape index (κ2) is 9.21. The number of hydrogen-bond donors (Lipinski definition) is 1. The van der Waals surface area contributed by atoms with Crippen LogP contribution in [0.4, 0.5) is 5.00 Å². The van der Waals surface area contributed by atoms with Crippen LogP contribution in [0.1, 0.15) is 40.3 Å². The molecule has 1 aromatic carbocycles. The number of nitrogens with zero attached hydrogens (tertiary/aromatic N) is 3. The summed E-state index contributed by atoms with van der Waals surface area (Å²) in [5.41, 5.74) is 3.10. The fourth-order valence-electron chi connectivity index (χ4n) is 3.59. The third kappa shape index (κ3) is 4.66. The van der Waals surface area contributed by atoms with Crippen molar-refractivity contribution >= 4 is 34.0 Å². The van der Waals surface area contributed by atoms with E-state index in [1.165, 1.54) is 22.2 Å². The van der Waals surface area contributed by atoms with Gasteiger partial charge in [-0.25, -0.2) is 9.97 Å². The van der Waals surface area contributed by atoms with Crippen LogP contribution >= 0.6 is 23.1 Å². The van der Waals surface area contributed by atoms with E-state index in [2.05, 4.69) is 45.6 Å². The maximum Gasteiger partial charge on any atom is 0.225 e. The Morgan fingerprint density at radius 3 is 2.79 bits per heavy atom. The lowest BCUT2D eigenvalue weighted by atomic mass is 9.83. The molecule has 0 aliphatic heterocycles. The molecular weight excluding hydrogens is 400 g/mol. The summed E-state index contributed by atoms with van der Waals surface area (Å²) in [5.74, 6) is 0.988. The number of nitriles is 1. The Morgan fingerprint density at radius 1 is 1.24 bits per heavy atom. The minimum absolute atomic E-state index is 0.0804. The maximum atomic E-state index is 12.4. The lowest BCUT2D eigenvalue weighted by Crippen LogP contribution is -2.13. The molecule has 7 heteroatoms. The van der Waals surface area contributed by atoms with Crippen molar-refractivity contribution in [2.75, 3.05) is 11.1 Å². The summed E-state index contributed by atoms with van der Waals surface area (Å²) in [6.07, 6.45) is 6.56. The van der Waals surface area contributed by atoms with E-state index in [4.69, 9.17) is 0 Å². The van der Waals surface area contributed by atoms with Crippen LogP contribution in [0.5, 0.6) is 0 Å². The molecule has 146 valence electrons. The van der Waals surface area contributed by atoms with Crippen molar-refractivity contribution in [3.05, 3.63) is 70.4 Å². The number of amides is 1. The molecular formula is C22H20N4OS2. The van der Waals surface area contributed by atoms with Gasteiger partial charge in [0, 0.05) is 29.4 Å². The largest absolute Gasteiger partial charge is 0.317 e.